The summed E-state index contributed by atoms with van der Waals surface area (Å²) < 4.78 is 68.7. The number of alkyl halides is 5. The van der Waals surface area contributed by atoms with Crippen LogP contribution in [0.4, 0.5) is 22.0 Å². The summed E-state index contributed by atoms with van der Waals surface area (Å²) in [6, 6.07) is 2.72. The fourth-order valence-corrected chi connectivity index (χ4v) is 3.72. The topological polar surface area (TPSA) is 46.4 Å². The van der Waals surface area contributed by atoms with Gasteiger partial charge in [-0.05, 0) is 49.5 Å². The fourth-order valence-electron chi connectivity index (χ4n) is 3.72. The van der Waals surface area contributed by atoms with Gasteiger partial charge in [-0.3, -0.25) is 4.79 Å². The lowest BCUT2D eigenvalue weighted by Gasteiger charge is -2.28. The molecule has 2 aliphatic carbocycles. The number of carbonyl (C=O) groups excluding carboxylic acids is 1. The number of nitrogens with zero attached hydrogens (tertiary/aromatic N) is 2. The number of hydrogen-bond acceptors (Lipinski definition) is 2. The van der Waals surface area contributed by atoms with Gasteiger partial charge in [0.05, 0.1) is 5.69 Å². The maximum Gasteiger partial charge on any atom is 0.435 e. The van der Waals surface area contributed by atoms with Crippen molar-refractivity contribution in [3.05, 3.63) is 59.2 Å². The molecule has 1 saturated carbocycles. The molecule has 0 aliphatic heterocycles. The maximum atomic E-state index is 13.6. The quantitative estimate of drug-likeness (QED) is 0.728. The van der Waals surface area contributed by atoms with Crippen LogP contribution in [0.5, 0.6) is 0 Å². The lowest BCUT2D eigenvalue weighted by atomic mass is 9.83. The molecule has 0 unspecified atom stereocenters. The van der Waals surface area contributed by atoms with Crippen molar-refractivity contribution in [2.75, 3.05) is 0 Å². The Hall–Kier alpha value is -2.71. The van der Waals surface area contributed by atoms with Gasteiger partial charge in [-0.25, -0.2) is 13.8 Å². The third-order valence-corrected chi connectivity index (χ3v) is 5.38. The molecule has 1 amide bonds. The Morgan fingerprint density at radius 3 is 2.55 bits per heavy atom. The molecule has 2 heterocycles. The number of carbonyl (C=O) groups is 1. The number of halogens is 5. The smallest absolute Gasteiger partial charge is 0.322 e. The third-order valence-electron chi connectivity index (χ3n) is 5.38. The molecule has 154 valence electrons. The number of rotatable bonds is 4. The second-order valence-corrected chi connectivity index (χ2v) is 7.49. The number of fused-ring (bicyclic) bond motifs is 1. The molecular weight excluding hydrogens is 393 g/mol. The van der Waals surface area contributed by atoms with Crippen molar-refractivity contribution >= 4 is 11.6 Å². The monoisotopic (exact) mass is 411 g/mol. The standard InChI is InChI=1S/C20H18F5N3O/c21-19(22)7-4-12(5-8-19)10-15-17(20(23,24)25)27-16-11-13(6-9-28(15)16)18(29)26-14-2-1-3-14/h1-3,6,9,11-12H,4-5,7-8,10H2,(H,26,29). The van der Waals surface area contributed by atoms with Crippen LogP contribution in [-0.2, 0) is 12.6 Å². The summed E-state index contributed by atoms with van der Waals surface area (Å²) in [6.45, 7) is 0. The Morgan fingerprint density at radius 1 is 1.28 bits per heavy atom. The molecule has 2 aliphatic rings. The molecule has 9 heteroatoms. The van der Waals surface area contributed by atoms with Crippen LogP contribution in [0.25, 0.3) is 5.65 Å². The van der Waals surface area contributed by atoms with Gasteiger partial charge in [0.1, 0.15) is 5.65 Å². The molecule has 0 bridgehead atoms. The van der Waals surface area contributed by atoms with Crippen LogP contribution in [0.3, 0.4) is 0 Å². The summed E-state index contributed by atoms with van der Waals surface area (Å²) in [5.74, 6) is -3.46. The molecule has 1 fully saturated rings. The zero-order valence-corrected chi connectivity index (χ0v) is 15.3. The van der Waals surface area contributed by atoms with Crippen molar-refractivity contribution < 1.29 is 26.7 Å². The van der Waals surface area contributed by atoms with Gasteiger partial charge in [-0.2, -0.15) is 13.2 Å². The van der Waals surface area contributed by atoms with E-state index >= 15 is 0 Å². The van der Waals surface area contributed by atoms with E-state index in [0.29, 0.717) is 5.70 Å². The first-order chi connectivity index (χ1) is 13.6. The number of imidazole rings is 1. The Bertz CT molecular complexity index is 1010. The highest BCUT2D eigenvalue weighted by Gasteiger charge is 2.40. The van der Waals surface area contributed by atoms with E-state index in [2.05, 4.69) is 10.3 Å². The number of hydrogen-bond donors (Lipinski definition) is 1. The summed E-state index contributed by atoms with van der Waals surface area (Å²) in [5.41, 5.74) is -0.291. The Labute approximate surface area is 163 Å². The minimum atomic E-state index is -4.68. The van der Waals surface area contributed by atoms with Crippen molar-refractivity contribution in [3.8, 4) is 0 Å². The summed E-state index contributed by atoms with van der Waals surface area (Å²) in [6.07, 6.45) is 1.55. The first kappa shape index (κ1) is 19.6. The highest BCUT2D eigenvalue weighted by molar-refractivity contribution is 5.96. The summed E-state index contributed by atoms with van der Waals surface area (Å²) >= 11 is 0. The minimum absolute atomic E-state index is 0.000699. The van der Waals surface area contributed by atoms with Gasteiger partial charge in [0.15, 0.2) is 5.69 Å². The van der Waals surface area contributed by atoms with E-state index < -0.39 is 23.7 Å². The average molecular weight is 411 g/mol. The van der Waals surface area contributed by atoms with Crippen LogP contribution in [-0.4, -0.2) is 21.2 Å². The Kier molecular flexibility index (Phi) is 4.71. The highest BCUT2D eigenvalue weighted by atomic mass is 19.4. The van der Waals surface area contributed by atoms with Gasteiger partial charge in [-0.1, -0.05) is 6.08 Å². The van der Waals surface area contributed by atoms with Crippen molar-refractivity contribution in [1.29, 1.82) is 0 Å². The Balaban J connectivity index is 1.64. The summed E-state index contributed by atoms with van der Waals surface area (Å²) in [4.78, 5) is 16.0. The normalized spacial score (nSPS) is 19.1. The number of allylic oxidation sites excluding steroid dienone is 3. The van der Waals surface area contributed by atoms with Gasteiger partial charge in [-0.15, -0.1) is 0 Å². The van der Waals surface area contributed by atoms with Crippen LogP contribution in [0, 0.1) is 5.92 Å². The molecule has 4 rings (SSSR count). The number of pyridine rings is 1. The lowest BCUT2D eigenvalue weighted by Crippen LogP contribution is -2.26. The molecular formula is C20H18F5N3O. The molecule has 2 aromatic heterocycles. The van der Waals surface area contributed by atoms with Crippen LogP contribution in [0.2, 0.25) is 0 Å². The highest BCUT2D eigenvalue weighted by Crippen LogP contribution is 2.39. The molecule has 0 saturated heterocycles. The molecule has 4 nitrogen and oxygen atoms in total. The van der Waals surface area contributed by atoms with Crippen LogP contribution < -0.4 is 5.32 Å². The number of nitrogens with one attached hydrogen (secondary N) is 1. The van der Waals surface area contributed by atoms with Gasteiger partial charge in [0, 0.05) is 30.3 Å². The van der Waals surface area contributed by atoms with Gasteiger partial charge in [0.25, 0.3) is 5.91 Å². The van der Waals surface area contributed by atoms with Crippen LogP contribution >= 0.6 is 0 Å². The second kappa shape index (κ2) is 6.96. The van der Waals surface area contributed by atoms with Gasteiger partial charge in [0.2, 0.25) is 5.92 Å². The molecule has 29 heavy (non-hydrogen) atoms. The van der Waals surface area contributed by atoms with Gasteiger partial charge >= 0.3 is 6.18 Å². The Morgan fingerprint density at radius 2 is 1.97 bits per heavy atom. The van der Waals surface area contributed by atoms with Gasteiger partial charge < -0.3 is 9.72 Å². The van der Waals surface area contributed by atoms with E-state index in [9.17, 15) is 26.7 Å². The lowest BCUT2D eigenvalue weighted by molar-refractivity contribution is -0.141. The molecule has 0 aromatic carbocycles. The van der Waals surface area contributed by atoms with E-state index in [0.717, 1.165) is 0 Å². The molecule has 2 aromatic rings. The second-order valence-electron chi connectivity index (χ2n) is 7.49. The SMILES string of the molecule is O=C(NC1=CC=C1)c1ccn2c(CC3CCC(F)(F)CC3)c(C(F)(F)F)nc2c1. The van der Waals surface area contributed by atoms with E-state index in [1.54, 1.807) is 18.2 Å². The predicted octanol–water partition coefficient (Wildman–Crippen LogP) is 4.90. The first-order valence-electron chi connectivity index (χ1n) is 9.28. The largest absolute Gasteiger partial charge is 0.435 e. The van der Waals surface area contributed by atoms with Crippen molar-refractivity contribution in [2.45, 2.75) is 44.2 Å². The van der Waals surface area contributed by atoms with E-state index in [-0.39, 0.29) is 54.9 Å². The zero-order chi connectivity index (χ0) is 20.8. The first-order valence-corrected chi connectivity index (χ1v) is 9.28. The van der Waals surface area contributed by atoms with Crippen molar-refractivity contribution in [2.24, 2.45) is 5.92 Å². The number of amides is 1. The fraction of sp³-hybridized carbons (Fsp3) is 0.400. The number of aromatic nitrogens is 2. The predicted molar refractivity (Wildman–Crippen MR) is 95.5 cm³/mol. The third kappa shape index (κ3) is 4.04. The van der Waals surface area contributed by atoms with E-state index in [1.165, 1.54) is 22.7 Å². The molecule has 0 spiro atoms. The van der Waals surface area contributed by atoms with Crippen molar-refractivity contribution in [1.82, 2.24) is 14.7 Å². The molecule has 0 radical (unpaired) electrons. The van der Waals surface area contributed by atoms with Crippen LogP contribution in [0.1, 0.15) is 47.4 Å². The summed E-state index contributed by atoms with van der Waals surface area (Å²) in [5, 5.41) is 2.63. The van der Waals surface area contributed by atoms with E-state index in [1.807, 2.05) is 0 Å². The molecule has 1 N–H and O–H groups in total. The average Bonchev–Trinajstić information content (AvgIpc) is 2.98. The van der Waals surface area contributed by atoms with Crippen LogP contribution in [0.15, 0.2) is 42.3 Å². The molecule has 0 atom stereocenters. The minimum Gasteiger partial charge on any atom is -0.322 e. The van der Waals surface area contributed by atoms with Crippen molar-refractivity contribution in [3.63, 3.8) is 0 Å². The zero-order valence-electron chi connectivity index (χ0n) is 15.3. The van der Waals surface area contributed by atoms with E-state index in [4.69, 9.17) is 0 Å². The maximum absolute atomic E-state index is 13.6. The summed E-state index contributed by atoms with van der Waals surface area (Å²) in [7, 11) is 0.